The summed E-state index contributed by atoms with van der Waals surface area (Å²) in [5, 5.41) is 23.1. The van der Waals surface area contributed by atoms with Crippen LogP contribution >= 0.6 is 0 Å². The van der Waals surface area contributed by atoms with Crippen LogP contribution in [0.2, 0.25) is 0 Å². The number of rotatable bonds is 9. The van der Waals surface area contributed by atoms with Crippen molar-refractivity contribution in [1.29, 1.82) is 0 Å². The maximum Gasteiger partial charge on any atom is 0.290 e. The molecule has 1 aromatic carbocycles. The van der Waals surface area contributed by atoms with Gasteiger partial charge in [-0.3, -0.25) is 14.4 Å². The zero-order valence-electron chi connectivity index (χ0n) is 18.8. The second-order valence-corrected chi connectivity index (χ2v) is 8.64. The van der Waals surface area contributed by atoms with Crippen LogP contribution in [0.1, 0.15) is 45.1 Å². The molecule has 3 N–H and O–H groups in total. The van der Waals surface area contributed by atoms with Gasteiger partial charge in [-0.15, -0.1) is 0 Å². The van der Waals surface area contributed by atoms with Crippen LogP contribution in [0.15, 0.2) is 35.9 Å². The van der Waals surface area contributed by atoms with Gasteiger partial charge in [0.1, 0.15) is 18.0 Å². The molecule has 0 unspecified atom stereocenters. The van der Waals surface area contributed by atoms with E-state index >= 15 is 0 Å². The highest BCUT2D eigenvalue weighted by molar-refractivity contribution is 6.36. The molecule has 0 fully saturated rings. The van der Waals surface area contributed by atoms with Crippen molar-refractivity contribution in [1.82, 2.24) is 10.2 Å². The zero-order chi connectivity index (χ0) is 23.4. The highest BCUT2D eigenvalue weighted by Gasteiger charge is 2.50. The van der Waals surface area contributed by atoms with E-state index in [0.29, 0.717) is 17.7 Å². The van der Waals surface area contributed by atoms with Crippen LogP contribution in [-0.4, -0.2) is 70.7 Å². The molecule has 2 amide bonds. The summed E-state index contributed by atoms with van der Waals surface area (Å²) in [7, 11) is 0. The van der Waals surface area contributed by atoms with Gasteiger partial charge in [-0.2, -0.15) is 0 Å². The van der Waals surface area contributed by atoms with Crippen LogP contribution in [0, 0.1) is 5.92 Å². The van der Waals surface area contributed by atoms with Crippen LogP contribution in [0.4, 0.5) is 0 Å². The number of fused-ring (bicyclic) bond motifs is 3. The number of Topliss-reactive ketones (excluding diaryl/α,β-unsaturated/α-hetero) is 1. The molecular weight excluding hydrogens is 412 g/mol. The molecular formula is C24H32N2O6. The highest BCUT2D eigenvalue weighted by Crippen LogP contribution is 2.47. The van der Waals surface area contributed by atoms with Crippen molar-refractivity contribution in [3.05, 3.63) is 41.5 Å². The Morgan fingerprint density at radius 3 is 2.59 bits per heavy atom. The number of hydrogen-bond donors (Lipinski definition) is 3. The SMILES string of the molecule is CCC(=O)C(=O)N(CCC(C)C)[C@@H]1C=C(C(=O)NCCO)[C@@H]2c3ccccc3O[C@@H]2[C@H]1O. The number of para-hydroxylation sites is 1. The number of amides is 2. The first-order valence-electron chi connectivity index (χ1n) is 11.2. The molecule has 1 aliphatic carbocycles. The Bertz CT molecular complexity index is 896. The summed E-state index contributed by atoms with van der Waals surface area (Å²) in [6.45, 7) is 5.78. The topological polar surface area (TPSA) is 116 Å². The Hall–Kier alpha value is -2.71. The van der Waals surface area contributed by atoms with E-state index in [2.05, 4.69) is 5.32 Å². The van der Waals surface area contributed by atoms with Crippen LogP contribution in [0.3, 0.4) is 0 Å². The lowest BCUT2D eigenvalue weighted by molar-refractivity contribution is -0.148. The van der Waals surface area contributed by atoms with E-state index < -0.39 is 41.8 Å². The predicted molar refractivity (Wildman–Crippen MR) is 118 cm³/mol. The Labute approximate surface area is 188 Å². The minimum atomic E-state index is -1.12. The first-order valence-corrected chi connectivity index (χ1v) is 11.2. The third-order valence-corrected chi connectivity index (χ3v) is 6.00. The van der Waals surface area contributed by atoms with Gasteiger partial charge in [0.25, 0.3) is 5.91 Å². The number of ether oxygens (including phenoxy) is 1. The molecule has 2 aliphatic rings. The van der Waals surface area contributed by atoms with Crippen molar-refractivity contribution in [3.63, 3.8) is 0 Å². The number of hydrogen-bond acceptors (Lipinski definition) is 6. The van der Waals surface area contributed by atoms with Crippen molar-refractivity contribution in [2.45, 2.75) is 57.8 Å². The molecule has 0 spiro atoms. The third kappa shape index (κ3) is 4.71. The summed E-state index contributed by atoms with van der Waals surface area (Å²) in [6, 6.07) is 6.39. The van der Waals surface area contributed by atoms with E-state index in [9.17, 15) is 19.5 Å². The number of carbonyl (C=O) groups is 3. The maximum atomic E-state index is 13.0. The normalized spacial score (nSPS) is 23.6. The van der Waals surface area contributed by atoms with E-state index in [0.717, 1.165) is 5.56 Å². The van der Waals surface area contributed by atoms with Crippen molar-refractivity contribution in [2.75, 3.05) is 19.7 Å². The summed E-state index contributed by atoms with van der Waals surface area (Å²) in [5.41, 5.74) is 1.14. The average molecular weight is 445 g/mol. The quantitative estimate of drug-likeness (QED) is 0.492. The molecule has 1 aromatic rings. The number of aliphatic hydroxyl groups excluding tert-OH is 2. The molecule has 0 saturated carbocycles. The van der Waals surface area contributed by atoms with Crippen molar-refractivity contribution in [3.8, 4) is 5.75 Å². The lowest BCUT2D eigenvalue weighted by Gasteiger charge is -2.40. The van der Waals surface area contributed by atoms with E-state index in [4.69, 9.17) is 9.84 Å². The Balaban J connectivity index is 2.04. The number of nitrogens with zero attached hydrogens (tertiary/aromatic N) is 1. The van der Waals surface area contributed by atoms with Crippen LogP contribution in [0.25, 0.3) is 0 Å². The fourth-order valence-electron chi connectivity index (χ4n) is 4.29. The monoisotopic (exact) mass is 444 g/mol. The highest BCUT2D eigenvalue weighted by atomic mass is 16.5. The zero-order valence-corrected chi connectivity index (χ0v) is 18.8. The molecule has 4 atom stereocenters. The Morgan fingerprint density at radius 2 is 1.94 bits per heavy atom. The molecule has 3 rings (SSSR count). The van der Waals surface area contributed by atoms with Crippen molar-refractivity contribution >= 4 is 17.6 Å². The minimum absolute atomic E-state index is 0.0569. The Kier molecular flexibility index (Phi) is 7.69. The van der Waals surface area contributed by atoms with E-state index in [1.54, 1.807) is 19.1 Å². The maximum absolute atomic E-state index is 13.0. The molecule has 32 heavy (non-hydrogen) atoms. The van der Waals surface area contributed by atoms with Crippen LogP contribution < -0.4 is 10.1 Å². The van der Waals surface area contributed by atoms with Crippen molar-refractivity contribution in [2.24, 2.45) is 5.92 Å². The third-order valence-electron chi connectivity index (χ3n) is 6.00. The lowest BCUT2D eigenvalue weighted by Crippen LogP contribution is -2.57. The summed E-state index contributed by atoms with van der Waals surface area (Å²) < 4.78 is 6.04. The number of ketones is 1. The smallest absolute Gasteiger partial charge is 0.290 e. The van der Waals surface area contributed by atoms with Gasteiger partial charge >= 0.3 is 0 Å². The minimum Gasteiger partial charge on any atom is -0.486 e. The van der Waals surface area contributed by atoms with Gasteiger partial charge in [0, 0.05) is 30.6 Å². The van der Waals surface area contributed by atoms with E-state index in [1.165, 1.54) is 4.90 Å². The van der Waals surface area contributed by atoms with Gasteiger partial charge in [0.2, 0.25) is 11.7 Å². The lowest BCUT2D eigenvalue weighted by atomic mass is 9.77. The number of benzene rings is 1. The number of aliphatic hydroxyl groups is 2. The second kappa shape index (κ2) is 10.3. The first-order chi connectivity index (χ1) is 15.3. The summed E-state index contributed by atoms with van der Waals surface area (Å²) in [4.78, 5) is 39.6. The summed E-state index contributed by atoms with van der Waals surface area (Å²) >= 11 is 0. The standard InChI is InChI=1S/C24H32N2O6/c1-4-18(28)24(31)26(11-9-14(2)3)17-13-16(23(30)25-10-12-27)20-15-7-5-6-8-19(15)32-22(20)21(17)29/h5-8,13-14,17,20-22,27,29H,4,9-12H2,1-3H3,(H,25,30)/t17-,20+,21+,22+/m1/s1. The molecule has 0 radical (unpaired) electrons. The van der Waals surface area contributed by atoms with Crippen molar-refractivity contribution < 1.29 is 29.3 Å². The first kappa shape index (κ1) is 23.9. The van der Waals surface area contributed by atoms with E-state index in [1.807, 2.05) is 32.0 Å². The van der Waals surface area contributed by atoms with Gasteiger partial charge < -0.3 is 25.2 Å². The summed E-state index contributed by atoms with van der Waals surface area (Å²) in [5.74, 6) is -1.27. The number of carbonyl (C=O) groups excluding carboxylic acids is 3. The second-order valence-electron chi connectivity index (χ2n) is 8.64. The number of nitrogens with one attached hydrogen (secondary N) is 1. The molecule has 0 saturated heterocycles. The van der Waals surface area contributed by atoms with Gasteiger partial charge in [-0.05, 0) is 24.5 Å². The molecule has 0 aromatic heterocycles. The largest absolute Gasteiger partial charge is 0.486 e. The van der Waals surface area contributed by atoms with Gasteiger partial charge in [0.15, 0.2) is 0 Å². The predicted octanol–water partition coefficient (Wildman–Crippen LogP) is 1.16. The van der Waals surface area contributed by atoms with Crippen LogP contribution in [-0.2, 0) is 14.4 Å². The van der Waals surface area contributed by atoms with Crippen LogP contribution in [0.5, 0.6) is 5.75 Å². The van der Waals surface area contributed by atoms with Gasteiger partial charge in [-0.1, -0.05) is 39.0 Å². The fraction of sp³-hybridized carbons (Fsp3) is 0.542. The van der Waals surface area contributed by atoms with Gasteiger partial charge in [0.05, 0.1) is 18.6 Å². The molecule has 1 heterocycles. The Morgan fingerprint density at radius 1 is 1.22 bits per heavy atom. The molecule has 1 aliphatic heterocycles. The molecule has 0 bridgehead atoms. The fourth-order valence-corrected chi connectivity index (χ4v) is 4.29. The average Bonchev–Trinajstić information content (AvgIpc) is 3.18. The van der Waals surface area contributed by atoms with E-state index in [-0.39, 0.29) is 32.0 Å². The summed E-state index contributed by atoms with van der Waals surface area (Å²) in [6.07, 6.45) is 0.388. The molecule has 174 valence electrons. The molecule has 8 heteroatoms. The van der Waals surface area contributed by atoms with Gasteiger partial charge in [-0.25, -0.2) is 0 Å². The molecule has 8 nitrogen and oxygen atoms in total.